The van der Waals surface area contributed by atoms with E-state index in [1.807, 2.05) is 0 Å². The van der Waals surface area contributed by atoms with Gasteiger partial charge in [0.15, 0.2) is 0 Å². The molecule has 102 valence electrons. The molecular formula is C14H25N3O. The van der Waals surface area contributed by atoms with Crippen LogP contribution in [0, 0.1) is 5.92 Å². The van der Waals surface area contributed by atoms with E-state index in [4.69, 9.17) is 4.42 Å². The third-order valence-electron chi connectivity index (χ3n) is 3.62. The lowest BCUT2D eigenvalue weighted by molar-refractivity contribution is 0.357. The zero-order valence-electron chi connectivity index (χ0n) is 11.9. The Balaban J connectivity index is 1.96. The van der Waals surface area contributed by atoms with Gasteiger partial charge >= 0.3 is 0 Å². The van der Waals surface area contributed by atoms with Crippen LogP contribution in [0.15, 0.2) is 10.7 Å². The van der Waals surface area contributed by atoms with Crippen LogP contribution in [-0.4, -0.2) is 23.6 Å². The number of hydrogen-bond donors (Lipinski definition) is 1. The summed E-state index contributed by atoms with van der Waals surface area (Å²) in [5, 5.41) is 3.36. The van der Waals surface area contributed by atoms with Gasteiger partial charge in [0, 0.05) is 25.2 Å². The van der Waals surface area contributed by atoms with Crippen molar-refractivity contribution in [2.45, 2.75) is 59.2 Å². The minimum Gasteiger partial charge on any atom is -0.432 e. The number of rotatable bonds is 4. The predicted molar refractivity (Wildman–Crippen MR) is 73.7 cm³/mol. The van der Waals surface area contributed by atoms with Crippen molar-refractivity contribution in [2.75, 3.05) is 11.4 Å². The van der Waals surface area contributed by atoms with Crippen molar-refractivity contribution in [1.29, 1.82) is 0 Å². The molecule has 0 radical (unpaired) electrons. The van der Waals surface area contributed by atoms with Gasteiger partial charge in [0.05, 0.1) is 5.69 Å². The molecule has 1 aliphatic rings. The van der Waals surface area contributed by atoms with E-state index < -0.39 is 0 Å². The molecule has 0 aliphatic carbocycles. The minimum absolute atomic E-state index is 0.472. The van der Waals surface area contributed by atoms with Crippen LogP contribution in [0.2, 0.25) is 0 Å². The van der Waals surface area contributed by atoms with E-state index in [-0.39, 0.29) is 0 Å². The van der Waals surface area contributed by atoms with Gasteiger partial charge < -0.3 is 14.6 Å². The molecule has 0 aromatic carbocycles. The number of oxazole rings is 1. The zero-order chi connectivity index (χ0) is 13.1. The number of nitrogens with one attached hydrogen (secondary N) is 1. The van der Waals surface area contributed by atoms with E-state index in [0.29, 0.717) is 12.1 Å². The molecule has 1 aromatic rings. The summed E-state index contributed by atoms with van der Waals surface area (Å²) in [5.41, 5.74) is 0.990. The van der Waals surface area contributed by atoms with Gasteiger partial charge in [-0.05, 0) is 25.7 Å². The lowest BCUT2D eigenvalue weighted by Gasteiger charge is -2.35. The van der Waals surface area contributed by atoms with Crippen molar-refractivity contribution in [1.82, 2.24) is 10.3 Å². The van der Waals surface area contributed by atoms with Crippen molar-refractivity contribution < 1.29 is 4.42 Å². The maximum atomic E-state index is 5.62. The zero-order valence-corrected chi connectivity index (χ0v) is 11.9. The molecule has 2 atom stereocenters. The summed E-state index contributed by atoms with van der Waals surface area (Å²) >= 11 is 0. The second-order valence-electron chi connectivity index (χ2n) is 5.83. The molecule has 2 rings (SSSR count). The van der Waals surface area contributed by atoms with E-state index in [1.54, 1.807) is 6.26 Å². The highest BCUT2D eigenvalue weighted by atomic mass is 16.4. The number of nitrogens with zero attached hydrogens (tertiary/aromatic N) is 2. The van der Waals surface area contributed by atoms with Gasteiger partial charge in [-0.1, -0.05) is 20.8 Å². The Hall–Kier alpha value is -1.03. The fourth-order valence-electron chi connectivity index (χ4n) is 2.51. The van der Waals surface area contributed by atoms with Crippen molar-refractivity contribution in [3.8, 4) is 0 Å². The molecule has 1 N–H and O–H groups in total. The second kappa shape index (κ2) is 5.74. The SMILES string of the molecule is CC1CCN(c2nc(CNC(C)C)co2)C(C)C1. The maximum absolute atomic E-state index is 5.62. The number of aromatic nitrogens is 1. The van der Waals surface area contributed by atoms with Crippen molar-refractivity contribution in [3.63, 3.8) is 0 Å². The van der Waals surface area contributed by atoms with Crippen LogP contribution in [0.5, 0.6) is 0 Å². The van der Waals surface area contributed by atoms with E-state index in [9.17, 15) is 0 Å². The molecule has 2 heterocycles. The van der Waals surface area contributed by atoms with Gasteiger partial charge in [-0.25, -0.2) is 0 Å². The van der Waals surface area contributed by atoms with Crippen LogP contribution in [0.4, 0.5) is 6.01 Å². The van der Waals surface area contributed by atoms with Gasteiger partial charge in [0.1, 0.15) is 6.26 Å². The summed E-state index contributed by atoms with van der Waals surface area (Å²) in [6.07, 6.45) is 4.23. The van der Waals surface area contributed by atoms with Crippen LogP contribution in [-0.2, 0) is 6.54 Å². The summed E-state index contributed by atoms with van der Waals surface area (Å²) in [6, 6.07) is 1.79. The first-order valence-corrected chi connectivity index (χ1v) is 7.00. The van der Waals surface area contributed by atoms with E-state index >= 15 is 0 Å². The summed E-state index contributed by atoms with van der Waals surface area (Å²) in [4.78, 5) is 6.87. The highest BCUT2D eigenvalue weighted by Gasteiger charge is 2.26. The molecule has 0 bridgehead atoms. The molecule has 4 nitrogen and oxygen atoms in total. The van der Waals surface area contributed by atoms with Gasteiger partial charge in [-0.15, -0.1) is 0 Å². The van der Waals surface area contributed by atoms with Crippen LogP contribution < -0.4 is 10.2 Å². The molecule has 0 spiro atoms. The lowest BCUT2D eigenvalue weighted by atomic mass is 9.94. The Morgan fingerprint density at radius 1 is 1.50 bits per heavy atom. The monoisotopic (exact) mass is 251 g/mol. The maximum Gasteiger partial charge on any atom is 0.297 e. The van der Waals surface area contributed by atoms with Crippen LogP contribution in [0.25, 0.3) is 0 Å². The fraction of sp³-hybridized carbons (Fsp3) is 0.786. The molecule has 1 saturated heterocycles. The average Bonchev–Trinajstić information content (AvgIpc) is 2.75. The van der Waals surface area contributed by atoms with E-state index in [2.05, 4.69) is 42.9 Å². The van der Waals surface area contributed by atoms with Crippen LogP contribution in [0.1, 0.15) is 46.2 Å². The molecule has 1 aliphatic heterocycles. The number of piperidine rings is 1. The molecule has 0 amide bonds. The van der Waals surface area contributed by atoms with Gasteiger partial charge in [0.25, 0.3) is 6.01 Å². The standard InChI is InChI=1S/C14H25N3O/c1-10(2)15-8-13-9-18-14(16-13)17-6-5-11(3)7-12(17)4/h9-12,15H,5-8H2,1-4H3. The summed E-state index contributed by atoms with van der Waals surface area (Å²) in [6.45, 7) is 10.7. The number of anilines is 1. The summed E-state index contributed by atoms with van der Waals surface area (Å²) in [7, 11) is 0. The topological polar surface area (TPSA) is 41.3 Å². The smallest absolute Gasteiger partial charge is 0.297 e. The van der Waals surface area contributed by atoms with Crippen molar-refractivity contribution in [2.24, 2.45) is 5.92 Å². The van der Waals surface area contributed by atoms with Crippen LogP contribution in [0.3, 0.4) is 0 Å². The molecule has 0 saturated carbocycles. The predicted octanol–water partition coefficient (Wildman–Crippen LogP) is 2.80. The van der Waals surface area contributed by atoms with Gasteiger partial charge in [-0.3, -0.25) is 0 Å². The van der Waals surface area contributed by atoms with Crippen LogP contribution >= 0.6 is 0 Å². The third-order valence-corrected chi connectivity index (χ3v) is 3.62. The highest BCUT2D eigenvalue weighted by molar-refractivity contribution is 5.29. The summed E-state index contributed by atoms with van der Waals surface area (Å²) < 4.78 is 5.62. The Bertz CT molecular complexity index is 375. The molecule has 4 heteroatoms. The Morgan fingerprint density at radius 3 is 2.94 bits per heavy atom. The first kappa shape index (κ1) is 13.4. The van der Waals surface area contributed by atoms with E-state index in [0.717, 1.165) is 30.7 Å². The molecular weight excluding hydrogens is 226 g/mol. The Labute approximate surface area is 110 Å². The van der Waals surface area contributed by atoms with Gasteiger partial charge in [-0.2, -0.15) is 4.98 Å². The fourth-order valence-corrected chi connectivity index (χ4v) is 2.51. The first-order chi connectivity index (χ1) is 8.56. The first-order valence-electron chi connectivity index (χ1n) is 7.00. The lowest BCUT2D eigenvalue weighted by Crippen LogP contribution is -2.40. The average molecular weight is 251 g/mol. The Morgan fingerprint density at radius 2 is 2.28 bits per heavy atom. The molecule has 1 aromatic heterocycles. The quantitative estimate of drug-likeness (QED) is 0.893. The Kier molecular flexibility index (Phi) is 4.27. The third kappa shape index (κ3) is 3.25. The van der Waals surface area contributed by atoms with Crippen molar-refractivity contribution in [3.05, 3.63) is 12.0 Å². The molecule has 2 unspecified atom stereocenters. The van der Waals surface area contributed by atoms with Crippen molar-refractivity contribution >= 4 is 6.01 Å². The molecule has 18 heavy (non-hydrogen) atoms. The minimum atomic E-state index is 0.472. The largest absolute Gasteiger partial charge is 0.432 e. The summed E-state index contributed by atoms with van der Waals surface area (Å²) in [5.74, 6) is 0.813. The highest BCUT2D eigenvalue weighted by Crippen LogP contribution is 2.27. The second-order valence-corrected chi connectivity index (χ2v) is 5.83. The molecule has 1 fully saturated rings. The van der Waals surface area contributed by atoms with E-state index in [1.165, 1.54) is 12.8 Å². The number of hydrogen-bond acceptors (Lipinski definition) is 4. The van der Waals surface area contributed by atoms with Gasteiger partial charge in [0.2, 0.25) is 0 Å². The normalized spacial score (nSPS) is 24.8.